The Labute approximate surface area is 131 Å². The van der Waals surface area contributed by atoms with Crippen LogP contribution in [0.25, 0.3) is 22.1 Å². The zero-order valence-corrected chi connectivity index (χ0v) is 12.2. The molecule has 0 aliphatic carbocycles. The fourth-order valence-corrected chi connectivity index (χ4v) is 2.26. The molecule has 0 fully saturated rings. The lowest BCUT2D eigenvalue weighted by Crippen LogP contribution is -2.04. The molecule has 0 saturated heterocycles. The van der Waals surface area contributed by atoms with Crippen LogP contribution in [0.4, 0.5) is 0 Å². The van der Waals surface area contributed by atoms with Gasteiger partial charge in [-0.2, -0.15) is 5.26 Å². The van der Waals surface area contributed by atoms with E-state index in [0.29, 0.717) is 33.4 Å². The molecule has 0 spiro atoms. The van der Waals surface area contributed by atoms with Crippen LogP contribution in [0.15, 0.2) is 57.7 Å². The predicted octanol–water partition coefficient (Wildman–Crippen LogP) is 3.26. The van der Waals surface area contributed by atoms with Crippen molar-refractivity contribution in [2.24, 2.45) is 0 Å². The highest BCUT2D eigenvalue weighted by atomic mass is 16.5. The molecule has 3 rings (SSSR count). The second-order valence-electron chi connectivity index (χ2n) is 4.93. The van der Waals surface area contributed by atoms with E-state index < -0.39 is 11.6 Å². The van der Waals surface area contributed by atoms with E-state index in [9.17, 15) is 9.59 Å². The van der Waals surface area contributed by atoms with E-state index in [4.69, 9.17) is 14.4 Å². The Morgan fingerprint density at radius 1 is 1.13 bits per heavy atom. The smallest absolute Gasteiger partial charge is 0.344 e. The summed E-state index contributed by atoms with van der Waals surface area (Å²) in [6.07, 6.45) is 0. The van der Waals surface area contributed by atoms with Crippen molar-refractivity contribution in [2.75, 3.05) is 0 Å². The first-order chi connectivity index (χ1) is 11.1. The number of nitrogens with zero attached hydrogens (tertiary/aromatic N) is 1. The number of fused-ring (bicyclic) bond motifs is 1. The number of carbonyl (C=O) groups is 1. The van der Waals surface area contributed by atoms with E-state index in [1.54, 1.807) is 48.5 Å². The van der Waals surface area contributed by atoms with E-state index in [0.717, 1.165) is 0 Å². The molecule has 1 heterocycles. The summed E-state index contributed by atoms with van der Waals surface area (Å²) < 4.78 is 10.3. The summed E-state index contributed by atoms with van der Waals surface area (Å²) in [5, 5.41) is 9.47. The Hall–Kier alpha value is -3.39. The van der Waals surface area contributed by atoms with Gasteiger partial charge in [-0.1, -0.05) is 12.1 Å². The monoisotopic (exact) mass is 305 g/mol. The van der Waals surface area contributed by atoms with Crippen LogP contribution >= 0.6 is 0 Å². The molecule has 0 unspecified atom stereocenters. The van der Waals surface area contributed by atoms with Gasteiger partial charge in [0, 0.05) is 12.3 Å². The van der Waals surface area contributed by atoms with Gasteiger partial charge in [0.05, 0.1) is 17.2 Å². The zero-order chi connectivity index (χ0) is 16.4. The van der Waals surface area contributed by atoms with Crippen molar-refractivity contribution in [3.05, 3.63) is 64.5 Å². The third-order valence-corrected chi connectivity index (χ3v) is 3.29. The Balaban J connectivity index is 2.12. The SMILES string of the molecule is CC(=O)Oc1ccc2oc(=O)c(-c3ccc(C#N)cc3)cc2c1. The molecule has 0 radical (unpaired) electrons. The highest BCUT2D eigenvalue weighted by Crippen LogP contribution is 2.24. The maximum absolute atomic E-state index is 12.1. The molecule has 112 valence electrons. The maximum Gasteiger partial charge on any atom is 0.344 e. The number of rotatable bonds is 2. The van der Waals surface area contributed by atoms with E-state index in [2.05, 4.69) is 0 Å². The average Bonchev–Trinajstić information content (AvgIpc) is 2.54. The number of carbonyl (C=O) groups excluding carboxylic acids is 1. The van der Waals surface area contributed by atoms with Crippen molar-refractivity contribution < 1.29 is 13.9 Å². The lowest BCUT2D eigenvalue weighted by molar-refractivity contribution is -0.131. The van der Waals surface area contributed by atoms with Crippen LogP contribution in [0, 0.1) is 11.3 Å². The van der Waals surface area contributed by atoms with Gasteiger partial charge in [-0.25, -0.2) is 4.79 Å². The summed E-state index contributed by atoms with van der Waals surface area (Å²) in [6.45, 7) is 1.32. The first-order valence-corrected chi connectivity index (χ1v) is 6.84. The van der Waals surface area contributed by atoms with Crippen molar-refractivity contribution in [1.82, 2.24) is 0 Å². The molecule has 0 amide bonds. The number of nitriles is 1. The summed E-state index contributed by atoms with van der Waals surface area (Å²) in [4.78, 5) is 23.2. The van der Waals surface area contributed by atoms with E-state index >= 15 is 0 Å². The van der Waals surface area contributed by atoms with Gasteiger partial charge >= 0.3 is 11.6 Å². The van der Waals surface area contributed by atoms with Gasteiger partial charge < -0.3 is 9.15 Å². The maximum atomic E-state index is 12.1. The van der Waals surface area contributed by atoms with Gasteiger partial charge in [0.25, 0.3) is 0 Å². The molecule has 1 aromatic heterocycles. The molecule has 0 atom stereocenters. The minimum Gasteiger partial charge on any atom is -0.427 e. The second kappa shape index (κ2) is 5.78. The molecule has 0 aliphatic rings. The number of ether oxygens (including phenoxy) is 1. The Kier molecular flexibility index (Phi) is 3.65. The molecule has 0 saturated carbocycles. The number of esters is 1. The topological polar surface area (TPSA) is 80.3 Å². The fourth-order valence-electron chi connectivity index (χ4n) is 2.26. The third kappa shape index (κ3) is 2.97. The summed E-state index contributed by atoms with van der Waals surface area (Å²) >= 11 is 0. The van der Waals surface area contributed by atoms with Gasteiger partial charge in [-0.15, -0.1) is 0 Å². The van der Waals surface area contributed by atoms with Gasteiger partial charge in [0.2, 0.25) is 0 Å². The molecule has 5 nitrogen and oxygen atoms in total. The largest absolute Gasteiger partial charge is 0.427 e. The number of hydrogen-bond donors (Lipinski definition) is 0. The van der Waals surface area contributed by atoms with Crippen LogP contribution in [-0.4, -0.2) is 5.97 Å². The normalized spacial score (nSPS) is 10.3. The van der Waals surface area contributed by atoms with Crippen LogP contribution in [0.5, 0.6) is 5.75 Å². The van der Waals surface area contributed by atoms with Crippen LogP contribution in [0.1, 0.15) is 12.5 Å². The molecule has 2 aromatic carbocycles. The summed E-state index contributed by atoms with van der Waals surface area (Å²) in [7, 11) is 0. The average molecular weight is 305 g/mol. The van der Waals surface area contributed by atoms with E-state index in [1.807, 2.05) is 6.07 Å². The molecular formula is C18H11NO4. The molecule has 23 heavy (non-hydrogen) atoms. The highest BCUT2D eigenvalue weighted by molar-refractivity contribution is 5.83. The van der Waals surface area contributed by atoms with Crippen LogP contribution in [0.2, 0.25) is 0 Å². The molecular weight excluding hydrogens is 294 g/mol. The molecule has 0 aliphatic heterocycles. The number of hydrogen-bond acceptors (Lipinski definition) is 5. The molecule has 0 N–H and O–H groups in total. The molecule has 0 bridgehead atoms. The quantitative estimate of drug-likeness (QED) is 0.412. The summed E-state index contributed by atoms with van der Waals surface area (Å²) in [5.74, 6) is -0.0429. The predicted molar refractivity (Wildman–Crippen MR) is 83.9 cm³/mol. The lowest BCUT2D eigenvalue weighted by atomic mass is 10.0. The lowest BCUT2D eigenvalue weighted by Gasteiger charge is -2.05. The highest BCUT2D eigenvalue weighted by Gasteiger charge is 2.09. The standard InChI is InChI=1S/C18H11NO4/c1-11(20)22-15-6-7-17-14(8-15)9-16(18(21)23-17)13-4-2-12(10-19)3-5-13/h2-9H,1H3. The van der Waals surface area contributed by atoms with Crippen molar-refractivity contribution in [3.8, 4) is 22.9 Å². The molecule has 5 heteroatoms. The Morgan fingerprint density at radius 2 is 1.87 bits per heavy atom. The van der Waals surface area contributed by atoms with Crippen molar-refractivity contribution in [2.45, 2.75) is 6.92 Å². The van der Waals surface area contributed by atoms with Gasteiger partial charge in [-0.05, 0) is 42.0 Å². The Morgan fingerprint density at radius 3 is 2.52 bits per heavy atom. The minimum absolute atomic E-state index is 0.377. The molecule has 3 aromatic rings. The third-order valence-electron chi connectivity index (χ3n) is 3.29. The van der Waals surface area contributed by atoms with E-state index in [1.165, 1.54) is 6.92 Å². The van der Waals surface area contributed by atoms with Crippen molar-refractivity contribution in [3.63, 3.8) is 0 Å². The van der Waals surface area contributed by atoms with Gasteiger partial charge in [-0.3, -0.25) is 4.79 Å². The first kappa shape index (κ1) is 14.5. The number of benzene rings is 2. The first-order valence-electron chi connectivity index (χ1n) is 6.84. The van der Waals surface area contributed by atoms with Crippen LogP contribution in [-0.2, 0) is 4.79 Å². The van der Waals surface area contributed by atoms with Crippen molar-refractivity contribution in [1.29, 1.82) is 5.26 Å². The van der Waals surface area contributed by atoms with Crippen LogP contribution in [0.3, 0.4) is 0 Å². The van der Waals surface area contributed by atoms with Crippen molar-refractivity contribution >= 4 is 16.9 Å². The zero-order valence-electron chi connectivity index (χ0n) is 12.2. The Bertz CT molecular complexity index is 994. The second-order valence-corrected chi connectivity index (χ2v) is 4.93. The fraction of sp³-hybridized carbons (Fsp3) is 0.0556. The van der Waals surface area contributed by atoms with Crippen LogP contribution < -0.4 is 10.4 Å². The van der Waals surface area contributed by atoms with Gasteiger partial charge in [0.1, 0.15) is 11.3 Å². The van der Waals surface area contributed by atoms with E-state index in [-0.39, 0.29) is 0 Å². The summed E-state index contributed by atoms with van der Waals surface area (Å²) in [6, 6.07) is 15.1. The van der Waals surface area contributed by atoms with Gasteiger partial charge in [0.15, 0.2) is 0 Å². The minimum atomic E-state index is -0.470. The summed E-state index contributed by atoms with van der Waals surface area (Å²) in [5.41, 5.74) is 1.47.